The van der Waals surface area contributed by atoms with Crippen molar-refractivity contribution in [2.24, 2.45) is 0 Å². The molecular formula is C18H12BrFN2O4S. The second-order valence-corrected chi connectivity index (χ2v) is 6.72. The topological polar surface area (TPSA) is 78.9 Å². The number of benzene rings is 2. The van der Waals surface area contributed by atoms with Crippen molar-refractivity contribution in [2.45, 2.75) is 0 Å². The molecule has 6 nitrogen and oxygen atoms in total. The number of hydrogen-bond acceptors (Lipinski definition) is 5. The summed E-state index contributed by atoms with van der Waals surface area (Å²) in [6.45, 7) is 0. The van der Waals surface area contributed by atoms with E-state index in [0.29, 0.717) is 10.0 Å². The van der Waals surface area contributed by atoms with E-state index in [1.54, 1.807) is 0 Å². The molecule has 138 valence electrons. The molecule has 1 fully saturated rings. The van der Waals surface area contributed by atoms with Gasteiger partial charge < -0.3 is 9.84 Å². The normalized spacial score (nSPS) is 15.9. The Balaban J connectivity index is 2.07. The average molecular weight is 451 g/mol. The summed E-state index contributed by atoms with van der Waals surface area (Å²) in [6, 6.07) is 8.15. The van der Waals surface area contributed by atoms with Crippen LogP contribution in [0.4, 0.5) is 10.1 Å². The van der Waals surface area contributed by atoms with Gasteiger partial charge in [0.15, 0.2) is 16.6 Å². The number of rotatable bonds is 3. The van der Waals surface area contributed by atoms with Crippen LogP contribution in [0.2, 0.25) is 0 Å². The molecule has 1 heterocycles. The third-order valence-corrected chi connectivity index (χ3v) is 4.74. The maximum absolute atomic E-state index is 13.5. The molecule has 3 rings (SSSR count). The minimum Gasteiger partial charge on any atom is -0.504 e. The highest BCUT2D eigenvalue weighted by molar-refractivity contribution is 9.10. The zero-order valence-electron chi connectivity index (χ0n) is 13.8. The number of thiocarbonyl (C=S) groups is 1. The third kappa shape index (κ3) is 3.69. The number of carbonyl (C=O) groups is 2. The molecule has 1 aliphatic heterocycles. The van der Waals surface area contributed by atoms with Crippen LogP contribution in [-0.4, -0.2) is 29.1 Å². The number of halogens is 2. The second kappa shape index (κ2) is 7.45. The lowest BCUT2D eigenvalue weighted by atomic mass is 10.1. The SMILES string of the molecule is COc1cc(/C=C2\C(=O)NC(=S)N(c3cccc(F)c3)C2=O)c(Br)cc1O. The van der Waals surface area contributed by atoms with Gasteiger partial charge in [0.1, 0.15) is 11.4 Å². The van der Waals surface area contributed by atoms with E-state index < -0.39 is 17.6 Å². The molecule has 0 saturated carbocycles. The number of hydrogen-bond donors (Lipinski definition) is 2. The summed E-state index contributed by atoms with van der Waals surface area (Å²) in [5, 5.41) is 12.1. The van der Waals surface area contributed by atoms with Crippen molar-refractivity contribution in [3.8, 4) is 11.5 Å². The van der Waals surface area contributed by atoms with Crippen LogP contribution in [0.5, 0.6) is 11.5 Å². The molecule has 0 unspecified atom stereocenters. The summed E-state index contributed by atoms with van der Waals surface area (Å²) in [5.41, 5.74) is 0.412. The molecule has 2 N–H and O–H groups in total. The van der Waals surface area contributed by atoms with Gasteiger partial charge in [-0.3, -0.25) is 19.8 Å². The van der Waals surface area contributed by atoms with Crippen LogP contribution in [0.15, 0.2) is 46.4 Å². The molecule has 2 amide bonds. The monoisotopic (exact) mass is 450 g/mol. The lowest BCUT2D eigenvalue weighted by Gasteiger charge is -2.29. The first kappa shape index (κ1) is 19.0. The number of carbonyl (C=O) groups excluding carboxylic acids is 2. The molecule has 0 aromatic heterocycles. The molecule has 0 atom stereocenters. The van der Waals surface area contributed by atoms with Crippen molar-refractivity contribution in [3.63, 3.8) is 0 Å². The lowest BCUT2D eigenvalue weighted by Crippen LogP contribution is -2.54. The first-order chi connectivity index (χ1) is 12.8. The van der Waals surface area contributed by atoms with Gasteiger partial charge in [-0.1, -0.05) is 22.0 Å². The van der Waals surface area contributed by atoms with Gasteiger partial charge in [-0.25, -0.2) is 4.39 Å². The Hall–Kier alpha value is -2.78. The van der Waals surface area contributed by atoms with E-state index in [2.05, 4.69) is 21.2 Å². The maximum atomic E-state index is 13.5. The van der Waals surface area contributed by atoms with E-state index in [1.807, 2.05) is 0 Å². The maximum Gasteiger partial charge on any atom is 0.270 e. The van der Waals surface area contributed by atoms with Crippen LogP contribution >= 0.6 is 28.1 Å². The summed E-state index contributed by atoms with van der Waals surface area (Å²) in [6.07, 6.45) is 1.33. The third-order valence-electron chi connectivity index (χ3n) is 3.77. The zero-order chi connectivity index (χ0) is 19.7. The highest BCUT2D eigenvalue weighted by Gasteiger charge is 2.34. The van der Waals surface area contributed by atoms with E-state index >= 15 is 0 Å². The van der Waals surface area contributed by atoms with Gasteiger partial charge in [-0.05, 0) is 54.2 Å². The summed E-state index contributed by atoms with van der Waals surface area (Å²) < 4.78 is 19.0. The molecule has 27 heavy (non-hydrogen) atoms. The first-order valence-electron chi connectivity index (χ1n) is 7.55. The van der Waals surface area contributed by atoms with Gasteiger partial charge in [0.25, 0.3) is 11.8 Å². The van der Waals surface area contributed by atoms with Crippen LogP contribution in [0.3, 0.4) is 0 Å². The Morgan fingerprint density at radius 1 is 1.30 bits per heavy atom. The van der Waals surface area contributed by atoms with Gasteiger partial charge in [0.05, 0.1) is 12.8 Å². The van der Waals surface area contributed by atoms with Gasteiger partial charge in [0, 0.05) is 4.47 Å². The fourth-order valence-electron chi connectivity index (χ4n) is 2.50. The van der Waals surface area contributed by atoms with Crippen LogP contribution in [0.25, 0.3) is 6.08 Å². The summed E-state index contributed by atoms with van der Waals surface area (Å²) >= 11 is 8.33. The fourth-order valence-corrected chi connectivity index (χ4v) is 3.22. The molecular weight excluding hydrogens is 439 g/mol. The average Bonchev–Trinajstić information content (AvgIpc) is 2.60. The van der Waals surface area contributed by atoms with Crippen molar-refractivity contribution in [1.82, 2.24) is 5.32 Å². The predicted molar refractivity (Wildman–Crippen MR) is 105 cm³/mol. The molecule has 2 aromatic carbocycles. The Labute approximate surface area is 167 Å². The second-order valence-electron chi connectivity index (χ2n) is 5.48. The molecule has 0 spiro atoms. The number of nitrogens with one attached hydrogen (secondary N) is 1. The highest BCUT2D eigenvalue weighted by atomic mass is 79.9. The van der Waals surface area contributed by atoms with Crippen LogP contribution in [0, 0.1) is 5.82 Å². The van der Waals surface area contributed by atoms with E-state index in [0.717, 1.165) is 11.0 Å². The highest BCUT2D eigenvalue weighted by Crippen LogP contribution is 2.34. The molecule has 0 radical (unpaired) electrons. The molecule has 1 saturated heterocycles. The Morgan fingerprint density at radius 2 is 2.04 bits per heavy atom. The van der Waals surface area contributed by atoms with Crippen LogP contribution in [-0.2, 0) is 9.59 Å². The minimum absolute atomic E-state index is 0.103. The Kier molecular flexibility index (Phi) is 5.24. The number of anilines is 1. The Bertz CT molecular complexity index is 1010. The summed E-state index contributed by atoms with van der Waals surface area (Å²) in [4.78, 5) is 26.2. The lowest BCUT2D eigenvalue weighted by molar-refractivity contribution is -0.122. The number of phenolic OH excluding ortho intramolecular Hbond substituents is 1. The van der Waals surface area contributed by atoms with E-state index in [1.165, 1.54) is 43.5 Å². The number of aromatic hydroxyl groups is 1. The van der Waals surface area contributed by atoms with Gasteiger partial charge in [0.2, 0.25) is 0 Å². The standard InChI is InChI=1S/C18H12BrFN2O4S/c1-26-15-6-9(13(19)8-14(15)23)5-12-16(24)21-18(27)22(17(12)25)11-4-2-3-10(20)7-11/h2-8,23H,1H3,(H,21,24,27)/b12-5+. The predicted octanol–water partition coefficient (Wildman–Crippen LogP) is 3.13. The van der Waals surface area contributed by atoms with Crippen molar-refractivity contribution >= 4 is 56.8 Å². The molecule has 0 aliphatic carbocycles. The molecule has 2 aromatic rings. The van der Waals surface area contributed by atoms with Crippen molar-refractivity contribution < 1.29 is 23.8 Å². The van der Waals surface area contributed by atoms with E-state index in [-0.39, 0.29) is 27.9 Å². The Morgan fingerprint density at radius 3 is 2.70 bits per heavy atom. The van der Waals surface area contributed by atoms with Crippen LogP contribution < -0.4 is 15.0 Å². The molecule has 1 aliphatic rings. The fraction of sp³-hybridized carbons (Fsp3) is 0.0556. The smallest absolute Gasteiger partial charge is 0.270 e. The van der Waals surface area contributed by atoms with E-state index in [9.17, 15) is 19.1 Å². The minimum atomic E-state index is -0.701. The summed E-state index contributed by atoms with van der Waals surface area (Å²) in [5.74, 6) is -1.86. The quantitative estimate of drug-likeness (QED) is 0.426. The number of phenols is 1. The molecule has 0 bridgehead atoms. The van der Waals surface area contributed by atoms with Crippen molar-refractivity contribution in [3.05, 3.63) is 57.8 Å². The van der Waals surface area contributed by atoms with Crippen molar-refractivity contribution in [1.29, 1.82) is 0 Å². The zero-order valence-corrected chi connectivity index (χ0v) is 16.2. The summed E-state index contributed by atoms with van der Waals surface area (Å²) in [7, 11) is 1.38. The number of ether oxygens (including phenoxy) is 1. The van der Waals surface area contributed by atoms with Gasteiger partial charge in [-0.15, -0.1) is 0 Å². The number of nitrogens with zero attached hydrogens (tertiary/aromatic N) is 1. The van der Waals surface area contributed by atoms with Gasteiger partial charge in [-0.2, -0.15) is 0 Å². The number of amides is 2. The van der Waals surface area contributed by atoms with Crippen molar-refractivity contribution in [2.75, 3.05) is 12.0 Å². The van der Waals surface area contributed by atoms with Gasteiger partial charge >= 0.3 is 0 Å². The first-order valence-corrected chi connectivity index (χ1v) is 8.75. The van der Waals surface area contributed by atoms with Crippen LogP contribution in [0.1, 0.15) is 5.56 Å². The number of methoxy groups -OCH3 is 1. The van der Waals surface area contributed by atoms with E-state index in [4.69, 9.17) is 17.0 Å². The molecule has 9 heteroatoms. The largest absolute Gasteiger partial charge is 0.504 e.